The molecule has 2 aromatic rings. The lowest BCUT2D eigenvalue weighted by atomic mass is 9.98. The summed E-state index contributed by atoms with van der Waals surface area (Å²) in [5.41, 5.74) is 8.74. The average molecular weight is 391 g/mol. The first-order valence-corrected chi connectivity index (χ1v) is 8.78. The largest absolute Gasteiger partial charge is 0.493 e. The fourth-order valence-electron chi connectivity index (χ4n) is 2.73. The number of amides is 2. The van der Waals surface area contributed by atoms with E-state index < -0.39 is 5.91 Å². The predicted octanol–water partition coefficient (Wildman–Crippen LogP) is 3.32. The lowest BCUT2D eigenvalue weighted by molar-refractivity contribution is -0.119. The van der Waals surface area contributed by atoms with E-state index in [4.69, 9.17) is 26.8 Å². The van der Waals surface area contributed by atoms with Gasteiger partial charge in [-0.05, 0) is 49.6 Å². The Bertz CT molecular complexity index is 867. The van der Waals surface area contributed by atoms with Gasteiger partial charge in [0, 0.05) is 5.56 Å². The van der Waals surface area contributed by atoms with Crippen molar-refractivity contribution in [3.8, 4) is 11.5 Å². The van der Waals surface area contributed by atoms with Gasteiger partial charge < -0.3 is 20.5 Å². The highest BCUT2D eigenvalue weighted by Gasteiger charge is 2.19. The zero-order valence-corrected chi connectivity index (χ0v) is 16.5. The second-order valence-electron chi connectivity index (χ2n) is 6.23. The molecule has 0 aliphatic heterocycles. The molecule has 6 nitrogen and oxygen atoms in total. The maximum absolute atomic E-state index is 12.7. The Morgan fingerprint density at radius 1 is 1.26 bits per heavy atom. The van der Waals surface area contributed by atoms with Crippen LogP contribution in [0, 0.1) is 13.8 Å². The Balaban J connectivity index is 2.24. The normalized spacial score (nSPS) is 11.6. The second-order valence-corrected chi connectivity index (χ2v) is 6.64. The molecule has 0 saturated heterocycles. The Hall–Kier alpha value is -2.73. The second kappa shape index (κ2) is 8.77. The SMILES string of the molecule is COc1cc(C(=O)NC(C)c2cccc(C)c2C)cc(Cl)c1OCC(N)=O. The van der Waals surface area contributed by atoms with E-state index in [1.165, 1.54) is 19.2 Å². The van der Waals surface area contributed by atoms with Crippen LogP contribution in [0.5, 0.6) is 11.5 Å². The van der Waals surface area contributed by atoms with Crippen LogP contribution in [0.1, 0.15) is 40.0 Å². The van der Waals surface area contributed by atoms with E-state index >= 15 is 0 Å². The molecule has 0 aromatic heterocycles. The van der Waals surface area contributed by atoms with Crippen molar-refractivity contribution in [1.29, 1.82) is 0 Å². The molecule has 2 amide bonds. The standard InChI is InChI=1S/C20H23ClN2O4/c1-11-6-5-7-15(12(11)2)13(3)23-20(25)14-8-16(21)19(17(9-14)26-4)27-10-18(22)24/h5-9,13H,10H2,1-4H3,(H2,22,24)(H,23,25). The maximum atomic E-state index is 12.7. The third kappa shape index (κ3) is 4.92. The first kappa shape index (κ1) is 20.6. The molecule has 2 aromatic carbocycles. The van der Waals surface area contributed by atoms with Gasteiger partial charge in [-0.3, -0.25) is 9.59 Å². The molecule has 0 spiro atoms. The molecule has 1 atom stereocenters. The first-order valence-electron chi connectivity index (χ1n) is 8.40. The monoisotopic (exact) mass is 390 g/mol. The lowest BCUT2D eigenvalue weighted by Crippen LogP contribution is -2.27. The number of carbonyl (C=O) groups excluding carboxylic acids is 2. The molecule has 0 bridgehead atoms. The maximum Gasteiger partial charge on any atom is 0.255 e. The third-order valence-corrected chi connectivity index (χ3v) is 4.59. The van der Waals surface area contributed by atoms with Gasteiger partial charge in [0.05, 0.1) is 18.2 Å². The molecule has 7 heteroatoms. The van der Waals surface area contributed by atoms with Crippen molar-refractivity contribution in [2.24, 2.45) is 5.73 Å². The van der Waals surface area contributed by atoms with Crippen LogP contribution in [0.15, 0.2) is 30.3 Å². The number of benzene rings is 2. The molecule has 0 saturated carbocycles. The quantitative estimate of drug-likeness (QED) is 0.758. The van der Waals surface area contributed by atoms with Crippen molar-refractivity contribution < 1.29 is 19.1 Å². The number of primary amides is 1. The molecule has 0 aliphatic carbocycles. The summed E-state index contributed by atoms with van der Waals surface area (Å²) in [5, 5.41) is 3.11. The number of methoxy groups -OCH3 is 1. The first-order chi connectivity index (χ1) is 12.7. The molecule has 1 unspecified atom stereocenters. The average Bonchev–Trinajstić information content (AvgIpc) is 2.61. The van der Waals surface area contributed by atoms with Crippen LogP contribution in [-0.4, -0.2) is 25.5 Å². The fraction of sp³-hybridized carbons (Fsp3) is 0.300. The van der Waals surface area contributed by atoms with Gasteiger partial charge in [0.25, 0.3) is 11.8 Å². The minimum Gasteiger partial charge on any atom is -0.493 e. The fourth-order valence-corrected chi connectivity index (χ4v) is 3.00. The molecular formula is C20H23ClN2O4. The minimum absolute atomic E-state index is 0.153. The summed E-state index contributed by atoms with van der Waals surface area (Å²) in [4.78, 5) is 23.6. The van der Waals surface area contributed by atoms with Crippen molar-refractivity contribution in [3.63, 3.8) is 0 Å². The van der Waals surface area contributed by atoms with Crippen LogP contribution in [0.3, 0.4) is 0 Å². The summed E-state index contributed by atoms with van der Waals surface area (Å²) < 4.78 is 10.5. The number of aryl methyl sites for hydroxylation is 1. The third-order valence-electron chi connectivity index (χ3n) is 4.31. The number of hydrogen-bond donors (Lipinski definition) is 2. The molecule has 3 N–H and O–H groups in total. The Labute approximate surface area is 163 Å². The smallest absolute Gasteiger partial charge is 0.255 e. The molecule has 144 valence electrons. The number of halogens is 1. The van der Waals surface area contributed by atoms with Crippen LogP contribution in [0.2, 0.25) is 5.02 Å². The Kier molecular flexibility index (Phi) is 6.69. The summed E-state index contributed by atoms with van der Waals surface area (Å²) in [5.74, 6) is -0.535. The van der Waals surface area contributed by atoms with Gasteiger partial charge in [0.1, 0.15) is 0 Å². The van der Waals surface area contributed by atoms with Gasteiger partial charge in [-0.1, -0.05) is 29.8 Å². The molecule has 0 aliphatic rings. The van der Waals surface area contributed by atoms with E-state index in [9.17, 15) is 9.59 Å². The number of ether oxygens (including phenoxy) is 2. The van der Waals surface area contributed by atoms with Gasteiger partial charge >= 0.3 is 0 Å². The van der Waals surface area contributed by atoms with Gasteiger partial charge in [-0.15, -0.1) is 0 Å². The van der Waals surface area contributed by atoms with Crippen molar-refractivity contribution in [2.45, 2.75) is 26.8 Å². The predicted molar refractivity (Wildman–Crippen MR) is 104 cm³/mol. The number of nitrogens with one attached hydrogen (secondary N) is 1. The topological polar surface area (TPSA) is 90.7 Å². The van der Waals surface area contributed by atoms with Crippen LogP contribution >= 0.6 is 11.6 Å². The van der Waals surface area contributed by atoms with E-state index in [0.717, 1.165) is 16.7 Å². The minimum atomic E-state index is -0.641. The Morgan fingerprint density at radius 2 is 1.96 bits per heavy atom. The van der Waals surface area contributed by atoms with Gasteiger partial charge in [0.2, 0.25) is 0 Å². The lowest BCUT2D eigenvalue weighted by Gasteiger charge is -2.19. The number of nitrogens with two attached hydrogens (primary N) is 1. The number of carbonyl (C=O) groups is 2. The Morgan fingerprint density at radius 3 is 2.59 bits per heavy atom. The van der Waals surface area contributed by atoms with Crippen molar-refractivity contribution in [2.75, 3.05) is 13.7 Å². The highest BCUT2D eigenvalue weighted by Crippen LogP contribution is 2.36. The molecule has 2 rings (SSSR count). The summed E-state index contributed by atoms with van der Waals surface area (Å²) in [6, 6.07) is 8.77. The highest BCUT2D eigenvalue weighted by atomic mass is 35.5. The summed E-state index contributed by atoms with van der Waals surface area (Å²) >= 11 is 6.20. The zero-order chi connectivity index (χ0) is 20.1. The van der Waals surface area contributed by atoms with Crippen molar-refractivity contribution in [3.05, 3.63) is 57.6 Å². The van der Waals surface area contributed by atoms with E-state index in [1.807, 2.05) is 39.0 Å². The summed E-state index contributed by atoms with van der Waals surface area (Å²) in [6.07, 6.45) is 0. The van der Waals surface area contributed by atoms with Crippen LogP contribution < -0.4 is 20.5 Å². The van der Waals surface area contributed by atoms with Gasteiger partial charge in [-0.25, -0.2) is 0 Å². The van der Waals surface area contributed by atoms with E-state index in [-0.39, 0.29) is 35.1 Å². The number of hydrogen-bond acceptors (Lipinski definition) is 4. The molecule has 0 heterocycles. The van der Waals surface area contributed by atoms with E-state index in [2.05, 4.69) is 5.32 Å². The molecule has 0 fully saturated rings. The van der Waals surface area contributed by atoms with E-state index in [1.54, 1.807) is 0 Å². The molecule has 0 radical (unpaired) electrons. The summed E-state index contributed by atoms with van der Waals surface area (Å²) in [6.45, 7) is 5.63. The highest BCUT2D eigenvalue weighted by molar-refractivity contribution is 6.32. The summed E-state index contributed by atoms with van der Waals surface area (Å²) in [7, 11) is 1.42. The molecule has 27 heavy (non-hydrogen) atoms. The van der Waals surface area contributed by atoms with Crippen molar-refractivity contribution >= 4 is 23.4 Å². The zero-order valence-electron chi connectivity index (χ0n) is 15.8. The number of rotatable bonds is 7. The van der Waals surface area contributed by atoms with Crippen LogP contribution in [0.25, 0.3) is 0 Å². The van der Waals surface area contributed by atoms with Gasteiger partial charge in [0.15, 0.2) is 18.1 Å². The van der Waals surface area contributed by atoms with Crippen LogP contribution in [0.4, 0.5) is 0 Å². The molecular weight excluding hydrogens is 368 g/mol. The van der Waals surface area contributed by atoms with Gasteiger partial charge in [-0.2, -0.15) is 0 Å². The van der Waals surface area contributed by atoms with E-state index in [0.29, 0.717) is 5.56 Å². The van der Waals surface area contributed by atoms with Crippen LogP contribution in [-0.2, 0) is 4.79 Å². The van der Waals surface area contributed by atoms with Crippen molar-refractivity contribution in [1.82, 2.24) is 5.32 Å².